The predicted octanol–water partition coefficient (Wildman–Crippen LogP) is 1.99. The van der Waals surface area contributed by atoms with Crippen molar-refractivity contribution in [1.29, 1.82) is 0 Å². The van der Waals surface area contributed by atoms with Crippen LogP contribution in [-0.2, 0) is 21.2 Å². The summed E-state index contributed by atoms with van der Waals surface area (Å²) in [5.74, 6) is -0.262. The van der Waals surface area contributed by atoms with Gasteiger partial charge in [0.05, 0.1) is 18.1 Å². The molecule has 0 atom stereocenters. The van der Waals surface area contributed by atoms with Crippen LogP contribution in [0.15, 0.2) is 53.4 Å². The van der Waals surface area contributed by atoms with Crippen molar-refractivity contribution < 1.29 is 17.9 Å². The van der Waals surface area contributed by atoms with E-state index in [1.807, 2.05) is 30.3 Å². The zero-order chi connectivity index (χ0) is 19.3. The minimum Gasteiger partial charge on any atom is -0.379 e. The van der Waals surface area contributed by atoms with Gasteiger partial charge in [-0.2, -0.15) is 4.31 Å². The largest absolute Gasteiger partial charge is 0.379 e. The first kappa shape index (κ1) is 19.5. The van der Waals surface area contributed by atoms with Crippen LogP contribution in [0.2, 0.25) is 0 Å². The molecule has 0 unspecified atom stereocenters. The third kappa shape index (κ3) is 4.74. The Kier molecular flexibility index (Phi) is 6.26. The molecular weight excluding hydrogens is 364 g/mol. The number of amides is 1. The van der Waals surface area contributed by atoms with Gasteiger partial charge in [-0.05, 0) is 36.6 Å². The number of hydrogen-bond donors (Lipinski definition) is 1. The molecule has 1 fully saturated rings. The number of hydrogen-bond acceptors (Lipinski definition) is 4. The Bertz CT molecular complexity index is 891. The Morgan fingerprint density at radius 3 is 2.52 bits per heavy atom. The number of nitrogens with one attached hydrogen (secondary N) is 1. The predicted molar refractivity (Wildman–Crippen MR) is 103 cm³/mol. The average molecular weight is 388 g/mol. The Morgan fingerprint density at radius 2 is 1.81 bits per heavy atom. The molecular formula is C20H24N2O4S. The van der Waals surface area contributed by atoms with Crippen molar-refractivity contribution in [2.24, 2.45) is 0 Å². The van der Waals surface area contributed by atoms with E-state index in [1.54, 1.807) is 19.1 Å². The molecule has 1 aliphatic heterocycles. The third-order valence-corrected chi connectivity index (χ3v) is 6.50. The molecule has 7 heteroatoms. The zero-order valence-electron chi connectivity index (χ0n) is 15.3. The molecule has 1 N–H and O–H groups in total. The standard InChI is InChI=1S/C20H24N2O4S/c1-16-7-8-18(27(24,25)22-11-13-26-14-12-22)15-19(16)20(23)21-10-9-17-5-3-2-4-6-17/h2-8,15H,9-14H2,1H3,(H,21,23). The molecule has 2 aromatic carbocycles. The second kappa shape index (κ2) is 8.65. The Morgan fingerprint density at radius 1 is 1.11 bits per heavy atom. The second-order valence-corrected chi connectivity index (χ2v) is 8.42. The highest BCUT2D eigenvalue weighted by atomic mass is 32.2. The summed E-state index contributed by atoms with van der Waals surface area (Å²) in [6.45, 7) is 3.72. The summed E-state index contributed by atoms with van der Waals surface area (Å²) in [5.41, 5.74) is 2.27. The number of nitrogens with zero attached hydrogens (tertiary/aromatic N) is 1. The van der Waals surface area contributed by atoms with E-state index in [4.69, 9.17) is 4.74 Å². The van der Waals surface area contributed by atoms with Gasteiger partial charge in [-0.1, -0.05) is 36.4 Å². The number of sulfonamides is 1. The highest BCUT2D eigenvalue weighted by Crippen LogP contribution is 2.20. The van der Waals surface area contributed by atoms with Crippen molar-refractivity contribution in [3.63, 3.8) is 0 Å². The SMILES string of the molecule is Cc1ccc(S(=O)(=O)N2CCOCC2)cc1C(=O)NCCc1ccccc1. The lowest BCUT2D eigenvalue weighted by molar-refractivity contribution is 0.0730. The maximum atomic E-state index is 12.8. The Labute approximate surface area is 160 Å². The van der Waals surface area contributed by atoms with Crippen LogP contribution in [0.5, 0.6) is 0 Å². The molecule has 27 heavy (non-hydrogen) atoms. The van der Waals surface area contributed by atoms with E-state index >= 15 is 0 Å². The maximum Gasteiger partial charge on any atom is 0.251 e. The van der Waals surface area contributed by atoms with E-state index in [1.165, 1.54) is 10.4 Å². The van der Waals surface area contributed by atoms with Gasteiger partial charge in [-0.25, -0.2) is 8.42 Å². The minimum atomic E-state index is -3.62. The van der Waals surface area contributed by atoms with Crippen LogP contribution in [0.1, 0.15) is 21.5 Å². The van der Waals surface area contributed by atoms with Crippen LogP contribution in [-0.4, -0.2) is 51.5 Å². The van der Waals surface area contributed by atoms with E-state index in [9.17, 15) is 13.2 Å². The van der Waals surface area contributed by atoms with Crippen molar-refractivity contribution in [3.8, 4) is 0 Å². The quantitative estimate of drug-likeness (QED) is 0.821. The lowest BCUT2D eigenvalue weighted by Gasteiger charge is -2.26. The van der Waals surface area contributed by atoms with Crippen LogP contribution in [0.3, 0.4) is 0 Å². The summed E-state index contributed by atoms with van der Waals surface area (Å²) in [6, 6.07) is 14.6. The molecule has 144 valence electrons. The van der Waals surface area contributed by atoms with Crippen LogP contribution < -0.4 is 5.32 Å². The van der Waals surface area contributed by atoms with Crippen LogP contribution in [0, 0.1) is 6.92 Å². The van der Waals surface area contributed by atoms with Gasteiger partial charge in [0.25, 0.3) is 5.91 Å². The number of rotatable bonds is 6. The third-order valence-electron chi connectivity index (χ3n) is 4.60. The van der Waals surface area contributed by atoms with Crippen LogP contribution in [0.4, 0.5) is 0 Å². The molecule has 0 saturated carbocycles. The maximum absolute atomic E-state index is 12.8. The average Bonchev–Trinajstić information content (AvgIpc) is 2.69. The van der Waals surface area contributed by atoms with Crippen LogP contribution in [0.25, 0.3) is 0 Å². The van der Waals surface area contributed by atoms with Gasteiger partial charge in [-0.3, -0.25) is 4.79 Å². The van der Waals surface area contributed by atoms with Crippen molar-refractivity contribution in [2.75, 3.05) is 32.8 Å². The number of aryl methyl sites for hydroxylation is 1. The summed E-state index contributed by atoms with van der Waals surface area (Å²) in [5, 5.41) is 2.88. The smallest absolute Gasteiger partial charge is 0.251 e. The molecule has 1 aliphatic rings. The lowest BCUT2D eigenvalue weighted by atomic mass is 10.1. The fraction of sp³-hybridized carbons (Fsp3) is 0.350. The number of benzene rings is 2. The van der Waals surface area contributed by atoms with Gasteiger partial charge >= 0.3 is 0 Å². The van der Waals surface area contributed by atoms with E-state index < -0.39 is 10.0 Å². The molecule has 0 aromatic heterocycles. The first-order valence-corrected chi connectivity index (χ1v) is 10.4. The molecule has 1 heterocycles. The van der Waals surface area contributed by atoms with E-state index in [0.717, 1.165) is 17.5 Å². The van der Waals surface area contributed by atoms with Crippen molar-refractivity contribution in [1.82, 2.24) is 9.62 Å². The van der Waals surface area contributed by atoms with Gasteiger partial charge in [0, 0.05) is 25.2 Å². The molecule has 0 spiro atoms. The molecule has 1 amide bonds. The molecule has 0 bridgehead atoms. The topological polar surface area (TPSA) is 75.7 Å². The first-order chi connectivity index (χ1) is 13.0. The van der Waals surface area contributed by atoms with Crippen molar-refractivity contribution in [2.45, 2.75) is 18.2 Å². The Balaban J connectivity index is 1.71. The summed E-state index contributed by atoms with van der Waals surface area (Å²) in [7, 11) is -3.62. The number of carbonyl (C=O) groups excluding carboxylic acids is 1. The van der Waals surface area contributed by atoms with E-state index in [2.05, 4.69) is 5.32 Å². The monoisotopic (exact) mass is 388 g/mol. The minimum absolute atomic E-state index is 0.142. The van der Waals surface area contributed by atoms with Gasteiger partial charge < -0.3 is 10.1 Å². The zero-order valence-corrected chi connectivity index (χ0v) is 16.2. The summed E-state index contributed by atoms with van der Waals surface area (Å²) < 4.78 is 32.2. The molecule has 1 saturated heterocycles. The normalized spacial score (nSPS) is 15.4. The van der Waals surface area contributed by atoms with Gasteiger partial charge in [0.1, 0.15) is 0 Å². The van der Waals surface area contributed by atoms with Crippen LogP contribution >= 0.6 is 0 Å². The fourth-order valence-corrected chi connectivity index (χ4v) is 4.44. The van der Waals surface area contributed by atoms with Gasteiger partial charge in [0.15, 0.2) is 0 Å². The molecule has 0 radical (unpaired) electrons. The van der Waals surface area contributed by atoms with Gasteiger partial charge in [0.2, 0.25) is 10.0 Å². The highest BCUT2D eigenvalue weighted by molar-refractivity contribution is 7.89. The summed E-state index contributed by atoms with van der Waals surface area (Å²) >= 11 is 0. The molecule has 2 aromatic rings. The molecule has 0 aliphatic carbocycles. The number of ether oxygens (including phenoxy) is 1. The molecule has 6 nitrogen and oxygen atoms in total. The number of morpholine rings is 1. The van der Waals surface area contributed by atoms with E-state index in [0.29, 0.717) is 38.4 Å². The molecule has 3 rings (SSSR count). The highest BCUT2D eigenvalue weighted by Gasteiger charge is 2.27. The first-order valence-electron chi connectivity index (χ1n) is 8.99. The fourth-order valence-electron chi connectivity index (χ4n) is 3.00. The number of carbonyl (C=O) groups is 1. The summed E-state index contributed by atoms with van der Waals surface area (Å²) in [6.07, 6.45) is 0.720. The Hall–Kier alpha value is -2.22. The van der Waals surface area contributed by atoms with Crippen molar-refractivity contribution >= 4 is 15.9 Å². The van der Waals surface area contributed by atoms with Crippen molar-refractivity contribution in [3.05, 3.63) is 65.2 Å². The summed E-state index contributed by atoms with van der Waals surface area (Å²) in [4.78, 5) is 12.7. The lowest BCUT2D eigenvalue weighted by Crippen LogP contribution is -2.40. The van der Waals surface area contributed by atoms with E-state index in [-0.39, 0.29) is 10.8 Å². The van der Waals surface area contributed by atoms with Gasteiger partial charge in [-0.15, -0.1) is 0 Å². The second-order valence-electron chi connectivity index (χ2n) is 6.48.